The third kappa shape index (κ3) is 3.88. The van der Waals surface area contributed by atoms with Crippen molar-refractivity contribution in [3.63, 3.8) is 0 Å². The van der Waals surface area contributed by atoms with Crippen LogP contribution in [0, 0.1) is 0 Å². The van der Waals surface area contributed by atoms with E-state index < -0.39 is 5.72 Å². The van der Waals surface area contributed by atoms with Crippen molar-refractivity contribution < 1.29 is 5.11 Å². The van der Waals surface area contributed by atoms with Gasteiger partial charge in [-0.25, -0.2) is 0 Å². The lowest BCUT2D eigenvalue weighted by Gasteiger charge is -2.17. The van der Waals surface area contributed by atoms with Crippen molar-refractivity contribution in [1.29, 1.82) is 0 Å². The standard InChI is InChI=1S/C15H15ClN2O/c1-15(19,13-7-9-14(16)10-8-13)18-17-11-12-5-3-2-4-6-12/h2-10,19H,11H2,1H3. The molecule has 0 aliphatic rings. The smallest absolute Gasteiger partial charge is 0.199 e. The van der Waals surface area contributed by atoms with E-state index in [1.165, 1.54) is 0 Å². The lowest BCUT2D eigenvalue weighted by atomic mass is 10.1. The maximum atomic E-state index is 10.3. The minimum absolute atomic E-state index is 0.449. The van der Waals surface area contributed by atoms with Gasteiger partial charge in [-0.05, 0) is 24.6 Å². The second-order valence-electron chi connectivity index (χ2n) is 4.41. The molecule has 0 aromatic heterocycles. The minimum Gasteiger partial charge on any atom is -0.364 e. The predicted molar refractivity (Wildman–Crippen MR) is 76.0 cm³/mol. The summed E-state index contributed by atoms with van der Waals surface area (Å²) in [4.78, 5) is 0. The third-order valence-corrected chi connectivity index (χ3v) is 3.00. The Morgan fingerprint density at radius 3 is 2.32 bits per heavy atom. The van der Waals surface area contributed by atoms with Gasteiger partial charge in [-0.1, -0.05) is 54.1 Å². The molecule has 1 unspecified atom stereocenters. The summed E-state index contributed by atoms with van der Waals surface area (Å²) in [5, 5.41) is 18.9. The van der Waals surface area contributed by atoms with Crippen molar-refractivity contribution in [2.45, 2.75) is 19.2 Å². The van der Waals surface area contributed by atoms with Gasteiger partial charge >= 0.3 is 0 Å². The van der Waals surface area contributed by atoms with Crippen LogP contribution in [0.1, 0.15) is 18.1 Å². The maximum absolute atomic E-state index is 10.3. The van der Waals surface area contributed by atoms with E-state index >= 15 is 0 Å². The van der Waals surface area contributed by atoms with Crippen LogP contribution in [-0.2, 0) is 12.3 Å². The van der Waals surface area contributed by atoms with E-state index in [-0.39, 0.29) is 0 Å². The van der Waals surface area contributed by atoms with E-state index in [1.54, 1.807) is 31.2 Å². The molecule has 2 aromatic rings. The highest BCUT2D eigenvalue weighted by atomic mass is 35.5. The fourth-order valence-electron chi connectivity index (χ4n) is 1.66. The van der Waals surface area contributed by atoms with Gasteiger partial charge in [-0.2, -0.15) is 10.2 Å². The third-order valence-electron chi connectivity index (χ3n) is 2.75. The summed E-state index contributed by atoms with van der Waals surface area (Å²) in [6.07, 6.45) is 0. The zero-order valence-electron chi connectivity index (χ0n) is 10.6. The van der Waals surface area contributed by atoms with Gasteiger partial charge in [-0.15, -0.1) is 0 Å². The van der Waals surface area contributed by atoms with Crippen LogP contribution in [0.25, 0.3) is 0 Å². The van der Waals surface area contributed by atoms with Crippen molar-refractivity contribution >= 4 is 11.6 Å². The zero-order chi connectivity index (χ0) is 13.7. The van der Waals surface area contributed by atoms with Crippen LogP contribution in [0.3, 0.4) is 0 Å². The number of halogens is 1. The Balaban J connectivity index is 2.06. The molecule has 4 heteroatoms. The molecular formula is C15H15ClN2O. The molecule has 0 aliphatic carbocycles. The Labute approximate surface area is 117 Å². The number of rotatable bonds is 4. The maximum Gasteiger partial charge on any atom is 0.199 e. The molecule has 0 aliphatic heterocycles. The highest BCUT2D eigenvalue weighted by molar-refractivity contribution is 6.30. The Kier molecular flexibility index (Phi) is 4.30. The summed E-state index contributed by atoms with van der Waals surface area (Å²) in [5.74, 6) is 0. The molecule has 0 saturated heterocycles. The van der Waals surface area contributed by atoms with E-state index in [4.69, 9.17) is 11.6 Å². The van der Waals surface area contributed by atoms with Crippen LogP contribution >= 0.6 is 11.6 Å². The van der Waals surface area contributed by atoms with Gasteiger partial charge in [0.05, 0.1) is 6.54 Å². The van der Waals surface area contributed by atoms with E-state index in [1.807, 2.05) is 30.3 Å². The van der Waals surface area contributed by atoms with Crippen LogP contribution < -0.4 is 0 Å². The van der Waals surface area contributed by atoms with Crippen molar-refractivity contribution in [1.82, 2.24) is 0 Å². The molecule has 0 amide bonds. The van der Waals surface area contributed by atoms with Crippen molar-refractivity contribution in [2.75, 3.05) is 0 Å². The quantitative estimate of drug-likeness (QED) is 0.836. The minimum atomic E-state index is -1.33. The van der Waals surface area contributed by atoms with Gasteiger partial charge < -0.3 is 5.11 Å². The first-order valence-electron chi connectivity index (χ1n) is 5.99. The molecule has 0 fully saturated rings. The highest BCUT2D eigenvalue weighted by Crippen LogP contribution is 2.24. The largest absolute Gasteiger partial charge is 0.364 e. The topological polar surface area (TPSA) is 45.0 Å². The first-order valence-corrected chi connectivity index (χ1v) is 6.37. The van der Waals surface area contributed by atoms with E-state index in [0.717, 1.165) is 5.56 Å². The first-order chi connectivity index (χ1) is 9.08. The SMILES string of the molecule is CC(O)(N=NCc1ccccc1)c1ccc(Cl)cc1. The predicted octanol–water partition coefficient (Wildman–Crippen LogP) is 4.16. The van der Waals surface area contributed by atoms with Crippen LogP contribution in [0.15, 0.2) is 64.8 Å². The van der Waals surface area contributed by atoms with Crippen LogP contribution in [0.2, 0.25) is 5.02 Å². The zero-order valence-corrected chi connectivity index (χ0v) is 11.4. The molecule has 2 rings (SSSR count). The number of hydrogen-bond donors (Lipinski definition) is 1. The molecule has 0 bridgehead atoms. The monoisotopic (exact) mass is 274 g/mol. The first kappa shape index (κ1) is 13.7. The molecule has 2 aromatic carbocycles. The molecule has 1 N–H and O–H groups in total. The van der Waals surface area contributed by atoms with Gasteiger partial charge in [0, 0.05) is 10.6 Å². The molecular weight excluding hydrogens is 260 g/mol. The Hall–Kier alpha value is -1.71. The molecule has 0 saturated carbocycles. The molecule has 0 radical (unpaired) electrons. The van der Waals surface area contributed by atoms with E-state index in [9.17, 15) is 5.11 Å². The molecule has 98 valence electrons. The normalized spacial score (nSPS) is 14.5. The highest BCUT2D eigenvalue weighted by Gasteiger charge is 2.21. The van der Waals surface area contributed by atoms with Crippen LogP contribution in [-0.4, -0.2) is 5.11 Å². The van der Waals surface area contributed by atoms with Gasteiger partial charge in [0.2, 0.25) is 0 Å². The summed E-state index contributed by atoms with van der Waals surface area (Å²) in [5.41, 5.74) is 0.381. The number of benzene rings is 2. The van der Waals surface area contributed by atoms with E-state index in [0.29, 0.717) is 17.1 Å². The van der Waals surface area contributed by atoms with Crippen molar-refractivity contribution in [2.24, 2.45) is 10.2 Å². The van der Waals surface area contributed by atoms with Gasteiger partial charge in [0.1, 0.15) is 0 Å². The number of nitrogens with zero attached hydrogens (tertiary/aromatic N) is 2. The Bertz CT molecular complexity index is 550. The molecule has 1 atom stereocenters. The second kappa shape index (κ2) is 5.95. The van der Waals surface area contributed by atoms with Crippen LogP contribution in [0.4, 0.5) is 0 Å². The van der Waals surface area contributed by atoms with Gasteiger partial charge in [-0.3, -0.25) is 0 Å². The number of aliphatic hydroxyl groups is 1. The Morgan fingerprint density at radius 2 is 1.68 bits per heavy atom. The van der Waals surface area contributed by atoms with Gasteiger partial charge in [0.15, 0.2) is 5.72 Å². The van der Waals surface area contributed by atoms with E-state index in [2.05, 4.69) is 10.2 Å². The average molecular weight is 275 g/mol. The molecule has 3 nitrogen and oxygen atoms in total. The lowest BCUT2D eigenvalue weighted by molar-refractivity contribution is 0.0581. The number of hydrogen-bond acceptors (Lipinski definition) is 3. The number of azo groups is 1. The summed E-state index contributed by atoms with van der Waals surface area (Å²) in [6, 6.07) is 16.7. The summed E-state index contributed by atoms with van der Waals surface area (Å²) in [6.45, 7) is 2.05. The van der Waals surface area contributed by atoms with Crippen molar-refractivity contribution in [3.8, 4) is 0 Å². The second-order valence-corrected chi connectivity index (χ2v) is 4.85. The Morgan fingerprint density at radius 1 is 1.05 bits per heavy atom. The summed E-state index contributed by atoms with van der Waals surface area (Å²) < 4.78 is 0. The van der Waals surface area contributed by atoms with Crippen molar-refractivity contribution in [3.05, 3.63) is 70.7 Å². The molecule has 0 heterocycles. The fourth-order valence-corrected chi connectivity index (χ4v) is 1.79. The molecule has 0 spiro atoms. The fraction of sp³-hybridized carbons (Fsp3) is 0.200. The van der Waals surface area contributed by atoms with Crippen LogP contribution in [0.5, 0.6) is 0 Å². The molecule has 19 heavy (non-hydrogen) atoms. The average Bonchev–Trinajstić information content (AvgIpc) is 2.40. The van der Waals surface area contributed by atoms with Gasteiger partial charge in [0.25, 0.3) is 0 Å². The lowest BCUT2D eigenvalue weighted by Crippen LogP contribution is -2.17. The summed E-state index contributed by atoms with van der Waals surface area (Å²) in [7, 11) is 0. The summed E-state index contributed by atoms with van der Waals surface area (Å²) >= 11 is 5.81.